The van der Waals surface area contributed by atoms with Crippen LogP contribution in [-0.2, 0) is 11.3 Å². The molecule has 1 N–H and O–H groups in total. The summed E-state index contributed by atoms with van der Waals surface area (Å²) in [5.41, 5.74) is 4.30. The van der Waals surface area contributed by atoms with Crippen molar-refractivity contribution in [1.82, 2.24) is 4.90 Å². The van der Waals surface area contributed by atoms with Crippen molar-refractivity contribution in [3.8, 4) is 0 Å². The molecule has 0 spiro atoms. The number of aliphatic imine (C=N–C) groups is 1. The normalized spacial score (nSPS) is 15.6. The van der Waals surface area contributed by atoms with Gasteiger partial charge in [-0.15, -0.1) is 0 Å². The Hall–Kier alpha value is -3.84. The Bertz CT molecular complexity index is 1160. The van der Waals surface area contributed by atoms with Crippen molar-refractivity contribution in [3.63, 3.8) is 0 Å². The van der Waals surface area contributed by atoms with Gasteiger partial charge in [0.25, 0.3) is 5.69 Å². The van der Waals surface area contributed by atoms with Crippen LogP contribution in [-0.4, -0.2) is 35.5 Å². The molecule has 3 aromatic carbocycles. The Morgan fingerprint density at radius 1 is 1.06 bits per heavy atom. The molecule has 0 radical (unpaired) electrons. The average Bonchev–Trinajstić information content (AvgIpc) is 3.08. The summed E-state index contributed by atoms with van der Waals surface area (Å²) in [5.74, 6) is -0.985. The van der Waals surface area contributed by atoms with Gasteiger partial charge in [0.05, 0.1) is 16.3 Å². The van der Waals surface area contributed by atoms with Gasteiger partial charge in [-0.3, -0.25) is 19.9 Å². The lowest BCUT2D eigenvalue weighted by Crippen LogP contribution is -2.22. The molecule has 1 heterocycles. The van der Waals surface area contributed by atoms with Crippen LogP contribution in [0.15, 0.2) is 77.8 Å². The molecule has 1 aliphatic rings. The van der Waals surface area contributed by atoms with E-state index in [1.165, 1.54) is 12.1 Å². The van der Waals surface area contributed by atoms with E-state index in [4.69, 9.17) is 4.99 Å². The molecule has 1 atom stereocenters. The highest BCUT2D eigenvalue weighted by Crippen LogP contribution is 2.38. The van der Waals surface area contributed by atoms with E-state index in [2.05, 4.69) is 10.2 Å². The molecule has 0 bridgehead atoms. The molecule has 0 fully saturated rings. The molecule has 0 aromatic heterocycles. The second kappa shape index (κ2) is 8.49. The summed E-state index contributed by atoms with van der Waals surface area (Å²) in [7, 11) is 4.02. The molecule has 7 nitrogen and oxygen atoms in total. The fourth-order valence-corrected chi connectivity index (χ4v) is 3.72. The van der Waals surface area contributed by atoms with Gasteiger partial charge in [-0.25, -0.2) is 0 Å². The topological polar surface area (TPSA) is 87.8 Å². The Kier molecular flexibility index (Phi) is 5.60. The van der Waals surface area contributed by atoms with Crippen molar-refractivity contribution in [2.24, 2.45) is 4.99 Å². The maximum Gasteiger partial charge on any atom is 0.269 e. The van der Waals surface area contributed by atoms with Gasteiger partial charge in [0.2, 0.25) is 5.91 Å². The van der Waals surface area contributed by atoms with Crippen molar-refractivity contribution in [1.29, 1.82) is 0 Å². The first kappa shape index (κ1) is 20.4. The molecule has 3 aromatic rings. The van der Waals surface area contributed by atoms with Crippen LogP contribution < -0.4 is 5.32 Å². The second-order valence-corrected chi connectivity index (χ2v) is 7.72. The van der Waals surface area contributed by atoms with Crippen LogP contribution in [0.1, 0.15) is 22.6 Å². The lowest BCUT2D eigenvalue weighted by molar-refractivity contribution is -0.384. The highest BCUT2D eigenvalue weighted by atomic mass is 16.6. The number of hydrogen-bond acceptors (Lipinski definition) is 5. The number of nitrogens with zero attached hydrogens (tertiary/aromatic N) is 3. The lowest BCUT2D eigenvalue weighted by Gasteiger charge is -2.14. The van der Waals surface area contributed by atoms with Crippen LogP contribution in [0.2, 0.25) is 0 Å². The quantitative estimate of drug-likeness (QED) is 0.365. The van der Waals surface area contributed by atoms with E-state index in [9.17, 15) is 14.9 Å². The van der Waals surface area contributed by atoms with Crippen molar-refractivity contribution < 1.29 is 9.72 Å². The number of benzene rings is 3. The molecule has 1 amide bonds. The van der Waals surface area contributed by atoms with Gasteiger partial charge < -0.3 is 10.2 Å². The zero-order chi connectivity index (χ0) is 22.0. The largest absolute Gasteiger partial charge is 0.325 e. The predicted molar refractivity (Wildman–Crippen MR) is 121 cm³/mol. The number of nitro benzene ring substituents is 1. The summed E-state index contributed by atoms with van der Waals surface area (Å²) >= 11 is 0. The fourth-order valence-electron chi connectivity index (χ4n) is 3.72. The van der Waals surface area contributed by atoms with Crippen LogP contribution in [0.25, 0.3) is 0 Å². The maximum atomic E-state index is 12.9. The van der Waals surface area contributed by atoms with E-state index >= 15 is 0 Å². The molecule has 0 saturated heterocycles. The zero-order valence-corrected chi connectivity index (χ0v) is 17.3. The SMILES string of the molecule is CN(C)Cc1ccc(N=C(c2ccccc2)C2C(=O)Nc3ccc([N+](=O)[O-])cc32)cc1. The van der Waals surface area contributed by atoms with E-state index in [0.29, 0.717) is 22.6 Å². The highest BCUT2D eigenvalue weighted by molar-refractivity contribution is 6.24. The number of anilines is 1. The zero-order valence-electron chi connectivity index (χ0n) is 17.3. The fraction of sp³-hybridized carbons (Fsp3) is 0.167. The Morgan fingerprint density at radius 2 is 1.77 bits per heavy atom. The first-order valence-corrected chi connectivity index (χ1v) is 9.89. The number of hydrogen-bond donors (Lipinski definition) is 1. The predicted octanol–water partition coefficient (Wildman–Crippen LogP) is 4.51. The number of fused-ring (bicyclic) bond motifs is 1. The van der Waals surface area contributed by atoms with Gasteiger partial charge in [0, 0.05) is 29.9 Å². The van der Waals surface area contributed by atoms with Gasteiger partial charge in [-0.05, 0) is 43.4 Å². The van der Waals surface area contributed by atoms with Crippen LogP contribution in [0, 0.1) is 10.1 Å². The third-order valence-electron chi connectivity index (χ3n) is 5.10. The monoisotopic (exact) mass is 414 g/mol. The summed E-state index contributed by atoms with van der Waals surface area (Å²) in [5, 5.41) is 14.1. The van der Waals surface area contributed by atoms with Gasteiger partial charge in [0.1, 0.15) is 5.92 Å². The first-order valence-electron chi connectivity index (χ1n) is 9.89. The molecule has 4 rings (SSSR count). The summed E-state index contributed by atoms with van der Waals surface area (Å²) in [4.78, 5) is 30.7. The Morgan fingerprint density at radius 3 is 2.42 bits per heavy atom. The standard InChI is InChI=1S/C24H22N4O3/c1-27(2)15-16-8-10-18(11-9-16)25-23(17-6-4-3-5-7-17)22-20-14-19(28(30)31)12-13-21(20)26-24(22)29/h3-14,22H,15H2,1-2H3,(H,26,29). The second-order valence-electron chi connectivity index (χ2n) is 7.72. The first-order chi connectivity index (χ1) is 14.9. The van der Waals surface area contributed by atoms with Gasteiger partial charge in [-0.2, -0.15) is 0 Å². The van der Waals surface area contributed by atoms with E-state index in [1.807, 2.05) is 68.7 Å². The smallest absolute Gasteiger partial charge is 0.269 e. The molecule has 156 valence electrons. The molecule has 7 heteroatoms. The number of amides is 1. The molecular formula is C24H22N4O3. The number of non-ortho nitro benzene ring substituents is 1. The molecule has 0 aliphatic carbocycles. The summed E-state index contributed by atoms with van der Waals surface area (Å²) in [6.45, 7) is 0.817. The number of rotatable bonds is 6. The van der Waals surface area contributed by atoms with E-state index < -0.39 is 10.8 Å². The molecule has 31 heavy (non-hydrogen) atoms. The van der Waals surface area contributed by atoms with Crippen LogP contribution in [0.5, 0.6) is 0 Å². The van der Waals surface area contributed by atoms with Crippen molar-refractivity contribution in [3.05, 3.63) is 99.6 Å². The summed E-state index contributed by atoms with van der Waals surface area (Å²) in [6.07, 6.45) is 0. The molecule has 0 saturated carbocycles. The minimum Gasteiger partial charge on any atom is -0.325 e. The molecular weight excluding hydrogens is 392 g/mol. The average molecular weight is 414 g/mol. The van der Waals surface area contributed by atoms with Crippen LogP contribution in [0.3, 0.4) is 0 Å². The number of nitro groups is 1. The van der Waals surface area contributed by atoms with E-state index in [-0.39, 0.29) is 11.6 Å². The molecule has 1 unspecified atom stereocenters. The van der Waals surface area contributed by atoms with E-state index in [0.717, 1.165) is 17.7 Å². The van der Waals surface area contributed by atoms with Gasteiger partial charge in [-0.1, -0.05) is 42.5 Å². The Balaban J connectivity index is 1.81. The molecule has 1 aliphatic heterocycles. The number of carbonyl (C=O) groups excluding carboxylic acids is 1. The van der Waals surface area contributed by atoms with E-state index in [1.54, 1.807) is 6.07 Å². The van der Waals surface area contributed by atoms with Crippen molar-refractivity contribution >= 4 is 28.7 Å². The van der Waals surface area contributed by atoms with Gasteiger partial charge >= 0.3 is 0 Å². The minimum atomic E-state index is -0.737. The lowest BCUT2D eigenvalue weighted by atomic mass is 9.90. The minimum absolute atomic E-state index is 0.0549. The number of carbonyl (C=O) groups is 1. The summed E-state index contributed by atoms with van der Waals surface area (Å²) in [6, 6.07) is 21.7. The van der Waals surface area contributed by atoms with Crippen molar-refractivity contribution in [2.75, 3.05) is 19.4 Å². The maximum absolute atomic E-state index is 12.9. The van der Waals surface area contributed by atoms with Gasteiger partial charge in [0.15, 0.2) is 0 Å². The summed E-state index contributed by atoms with van der Waals surface area (Å²) < 4.78 is 0. The van der Waals surface area contributed by atoms with Crippen LogP contribution >= 0.6 is 0 Å². The van der Waals surface area contributed by atoms with Crippen LogP contribution in [0.4, 0.5) is 17.1 Å². The Labute approximate surface area is 180 Å². The third-order valence-corrected chi connectivity index (χ3v) is 5.10. The third kappa shape index (κ3) is 4.36. The van der Waals surface area contributed by atoms with Crippen molar-refractivity contribution in [2.45, 2.75) is 12.5 Å². The number of nitrogens with one attached hydrogen (secondary N) is 1. The highest BCUT2D eigenvalue weighted by Gasteiger charge is 2.36.